The molecule has 1 saturated heterocycles. The van der Waals surface area contributed by atoms with Crippen molar-refractivity contribution in [2.24, 2.45) is 5.92 Å². The zero-order valence-electron chi connectivity index (χ0n) is 17.5. The van der Waals surface area contributed by atoms with Crippen molar-refractivity contribution in [1.82, 2.24) is 24.3 Å². The minimum Gasteiger partial charge on any atom is -0.481 e. The van der Waals surface area contributed by atoms with Gasteiger partial charge in [-0.1, -0.05) is 6.92 Å². The lowest BCUT2D eigenvalue weighted by Crippen LogP contribution is -2.30. The van der Waals surface area contributed by atoms with Crippen molar-refractivity contribution in [2.75, 3.05) is 19.7 Å². The van der Waals surface area contributed by atoms with E-state index in [1.54, 1.807) is 11.6 Å². The van der Waals surface area contributed by atoms with Gasteiger partial charge in [0, 0.05) is 24.5 Å². The molecule has 12 heteroatoms. The molecule has 0 amide bonds. The van der Waals surface area contributed by atoms with E-state index in [0.717, 1.165) is 0 Å². The van der Waals surface area contributed by atoms with E-state index in [9.17, 15) is 22.7 Å². The Morgan fingerprint density at radius 1 is 1.25 bits per heavy atom. The number of halogens is 1. The van der Waals surface area contributed by atoms with Crippen LogP contribution in [0.5, 0.6) is 5.88 Å². The van der Waals surface area contributed by atoms with Gasteiger partial charge in [-0.3, -0.25) is 9.48 Å². The van der Waals surface area contributed by atoms with Gasteiger partial charge in [-0.2, -0.15) is 9.40 Å². The fourth-order valence-corrected chi connectivity index (χ4v) is 5.35. The first kappa shape index (κ1) is 22.1. The predicted octanol–water partition coefficient (Wildman–Crippen LogP) is 1.87. The second-order valence-corrected chi connectivity index (χ2v) is 9.52. The van der Waals surface area contributed by atoms with E-state index in [2.05, 4.69) is 15.3 Å². The lowest BCUT2D eigenvalue weighted by molar-refractivity contribution is -0.136. The molecule has 1 aliphatic heterocycles. The van der Waals surface area contributed by atoms with E-state index in [-0.39, 0.29) is 36.3 Å². The van der Waals surface area contributed by atoms with Crippen LogP contribution < -0.4 is 4.74 Å². The van der Waals surface area contributed by atoms with E-state index in [1.165, 1.54) is 34.6 Å². The Morgan fingerprint density at radius 3 is 2.69 bits per heavy atom. The molecular formula is C20H22FN5O5S. The number of carboxylic acid groups (broad SMARTS) is 1. The molecule has 1 aliphatic rings. The molecule has 1 N–H and O–H groups in total. The molecule has 32 heavy (non-hydrogen) atoms. The molecule has 10 nitrogen and oxygen atoms in total. The molecule has 2 atom stereocenters. The molecule has 0 aliphatic carbocycles. The number of benzene rings is 1. The lowest BCUT2D eigenvalue weighted by atomic mass is 10.1. The van der Waals surface area contributed by atoms with Crippen LogP contribution in [0.4, 0.5) is 4.39 Å². The maximum absolute atomic E-state index is 14.0. The van der Waals surface area contributed by atoms with Gasteiger partial charge in [0.05, 0.1) is 30.3 Å². The number of aromatic nitrogens is 4. The first-order valence-electron chi connectivity index (χ1n) is 10.1. The number of ether oxygens (including phenoxy) is 1. The fraction of sp³-hybridized carbons (Fsp3) is 0.400. The van der Waals surface area contributed by atoms with Gasteiger partial charge in [0.25, 0.3) is 10.0 Å². The van der Waals surface area contributed by atoms with Crippen molar-refractivity contribution < 1.29 is 27.4 Å². The minimum atomic E-state index is -3.92. The molecule has 3 aromatic rings. The number of aliphatic carboxylic acids is 1. The van der Waals surface area contributed by atoms with Crippen LogP contribution in [0.2, 0.25) is 0 Å². The molecular weight excluding hydrogens is 441 g/mol. The number of rotatable bonds is 7. The van der Waals surface area contributed by atoms with Crippen LogP contribution >= 0.6 is 0 Å². The molecule has 3 heterocycles. The number of sulfonamides is 1. The zero-order chi connectivity index (χ0) is 23.0. The summed E-state index contributed by atoms with van der Waals surface area (Å²) in [7, 11) is -3.92. The third-order valence-corrected chi connectivity index (χ3v) is 7.15. The zero-order valence-corrected chi connectivity index (χ0v) is 18.3. The number of hydrogen-bond donors (Lipinski definition) is 1. The molecule has 0 radical (unpaired) electrons. The van der Waals surface area contributed by atoms with Crippen LogP contribution in [0, 0.1) is 11.7 Å². The number of nitrogens with zero attached hydrogens (tertiary/aromatic N) is 5. The highest BCUT2D eigenvalue weighted by molar-refractivity contribution is 7.89. The van der Waals surface area contributed by atoms with Crippen LogP contribution in [0.25, 0.3) is 10.9 Å². The Hall–Kier alpha value is -3.12. The Bertz CT molecular complexity index is 1260. The van der Waals surface area contributed by atoms with Crippen LogP contribution in [-0.4, -0.2) is 63.5 Å². The number of carboxylic acids is 1. The Balaban J connectivity index is 1.66. The van der Waals surface area contributed by atoms with Gasteiger partial charge < -0.3 is 9.84 Å². The highest BCUT2D eigenvalue weighted by Gasteiger charge is 2.40. The molecule has 2 aromatic heterocycles. The van der Waals surface area contributed by atoms with Crippen molar-refractivity contribution in [3.05, 3.63) is 41.8 Å². The monoisotopic (exact) mass is 463 g/mol. The van der Waals surface area contributed by atoms with Crippen molar-refractivity contribution in [1.29, 1.82) is 0 Å². The van der Waals surface area contributed by atoms with E-state index in [1.807, 2.05) is 6.92 Å². The molecule has 0 bridgehead atoms. The first-order valence-corrected chi connectivity index (χ1v) is 11.5. The number of fused-ring (bicyclic) bond motifs is 1. The highest BCUT2D eigenvalue weighted by atomic mass is 32.2. The van der Waals surface area contributed by atoms with Gasteiger partial charge in [0.15, 0.2) is 5.03 Å². The van der Waals surface area contributed by atoms with Gasteiger partial charge in [-0.05, 0) is 37.1 Å². The number of hydrogen-bond acceptors (Lipinski definition) is 7. The molecule has 4 rings (SSSR count). The summed E-state index contributed by atoms with van der Waals surface area (Å²) in [5, 5.41) is 21.5. The molecule has 1 fully saturated rings. The van der Waals surface area contributed by atoms with Crippen molar-refractivity contribution >= 4 is 26.9 Å². The quantitative estimate of drug-likeness (QED) is 0.563. The Kier molecular flexibility index (Phi) is 5.82. The summed E-state index contributed by atoms with van der Waals surface area (Å²) in [6.07, 6.45) is -0.319. The molecule has 0 spiro atoms. The second-order valence-electron chi connectivity index (χ2n) is 7.63. The summed E-state index contributed by atoms with van der Waals surface area (Å²) in [6, 6.07) is 6.41. The maximum Gasteiger partial charge on any atom is 0.309 e. The summed E-state index contributed by atoms with van der Waals surface area (Å²) in [4.78, 5) is 11.2. The van der Waals surface area contributed by atoms with E-state index in [0.29, 0.717) is 23.2 Å². The summed E-state index contributed by atoms with van der Waals surface area (Å²) < 4.78 is 48.2. The van der Waals surface area contributed by atoms with Gasteiger partial charge in [0.2, 0.25) is 5.88 Å². The van der Waals surface area contributed by atoms with E-state index in [4.69, 9.17) is 4.74 Å². The van der Waals surface area contributed by atoms with Gasteiger partial charge in [-0.25, -0.2) is 12.8 Å². The molecule has 1 aromatic carbocycles. The van der Waals surface area contributed by atoms with E-state index >= 15 is 0 Å². The summed E-state index contributed by atoms with van der Waals surface area (Å²) >= 11 is 0. The van der Waals surface area contributed by atoms with Crippen LogP contribution in [-0.2, 0) is 21.2 Å². The topological polar surface area (TPSA) is 128 Å². The average Bonchev–Trinajstić information content (AvgIpc) is 3.29. The van der Waals surface area contributed by atoms with Crippen molar-refractivity contribution in [3.63, 3.8) is 0 Å². The minimum absolute atomic E-state index is 0.0815. The predicted molar refractivity (Wildman–Crippen MR) is 111 cm³/mol. The second kappa shape index (κ2) is 8.43. The largest absolute Gasteiger partial charge is 0.481 e. The third-order valence-electron chi connectivity index (χ3n) is 5.43. The smallest absolute Gasteiger partial charge is 0.309 e. The average molecular weight is 463 g/mol. The van der Waals surface area contributed by atoms with E-state index < -0.39 is 27.9 Å². The fourth-order valence-electron chi connectivity index (χ4n) is 3.93. The molecule has 0 unspecified atom stereocenters. The highest BCUT2D eigenvalue weighted by Crippen LogP contribution is 2.34. The normalized spacial score (nSPS) is 19.5. The maximum atomic E-state index is 14.0. The van der Waals surface area contributed by atoms with Crippen LogP contribution in [0.1, 0.15) is 25.6 Å². The summed E-state index contributed by atoms with van der Waals surface area (Å²) in [5.74, 6) is -1.47. The van der Waals surface area contributed by atoms with Crippen molar-refractivity contribution in [2.45, 2.75) is 31.3 Å². The van der Waals surface area contributed by atoms with Crippen LogP contribution in [0.3, 0.4) is 0 Å². The lowest BCUT2D eigenvalue weighted by Gasteiger charge is -2.17. The summed E-state index contributed by atoms with van der Waals surface area (Å²) in [6.45, 7) is 4.32. The Labute approximate surface area is 183 Å². The third kappa shape index (κ3) is 4.02. The summed E-state index contributed by atoms with van der Waals surface area (Å²) in [5.41, 5.74) is 0.733. The Morgan fingerprint density at radius 2 is 2.03 bits per heavy atom. The van der Waals surface area contributed by atoms with Crippen LogP contribution in [0.15, 0.2) is 35.4 Å². The standard InChI is InChI=1S/C20H22FN5O5S/c1-3-31-18-6-7-19(23-22-18)32(29,30)25-10-12(2)17(11-25)26-16-8-13(21)4-5-14(16)15(24-26)9-20(27)28/h4-8,12,17H,3,9-11H2,1-2H3,(H,27,28)/t12-,17+/m1/s1. The molecule has 170 valence electrons. The van der Waals surface area contributed by atoms with Gasteiger partial charge in [0.1, 0.15) is 5.82 Å². The SMILES string of the molecule is CCOc1ccc(S(=O)(=O)N2C[C@@H](C)[C@@H](n3nc(CC(=O)O)c4ccc(F)cc43)C2)nn1. The molecule has 0 saturated carbocycles. The van der Waals surface area contributed by atoms with Crippen molar-refractivity contribution in [3.8, 4) is 5.88 Å². The van der Waals surface area contributed by atoms with Gasteiger partial charge in [-0.15, -0.1) is 10.2 Å². The van der Waals surface area contributed by atoms with Gasteiger partial charge >= 0.3 is 5.97 Å². The number of carbonyl (C=O) groups is 1. The first-order chi connectivity index (χ1) is 15.2.